The smallest absolute Gasteiger partial charge is 0.160 e. The van der Waals surface area contributed by atoms with Crippen LogP contribution in [0.15, 0.2) is 18.2 Å². The van der Waals surface area contributed by atoms with Crippen molar-refractivity contribution in [3.63, 3.8) is 0 Å². The first kappa shape index (κ1) is 15.0. The number of methoxy groups -OCH3 is 1. The first-order valence-corrected chi connectivity index (χ1v) is 4.92. The zero-order valence-corrected chi connectivity index (χ0v) is 10.0. The quantitative estimate of drug-likeness (QED) is 0.739. The maximum Gasteiger partial charge on any atom is 0.160 e. The molecule has 1 aromatic rings. The number of hydrogen-bond acceptors (Lipinski definition) is 4. The fraction of sp³-hybridized carbons (Fsp3) is 0.455. The van der Waals surface area contributed by atoms with E-state index in [2.05, 4.69) is 0 Å². The Morgan fingerprint density at radius 3 is 2.62 bits per heavy atom. The maximum atomic E-state index is 9.54. The summed E-state index contributed by atoms with van der Waals surface area (Å²) in [5, 5.41) is 18.2. The number of phenolic OH excluding ortho intramolecular Hbond substituents is 1. The summed E-state index contributed by atoms with van der Waals surface area (Å²) in [6.45, 7) is 0.135. The lowest BCUT2D eigenvalue weighted by atomic mass is 10.0. The number of aromatic hydroxyl groups is 1. The number of nitrogens with two attached hydrogens (primary N) is 1. The molecule has 0 aromatic heterocycles. The van der Waals surface area contributed by atoms with Gasteiger partial charge < -0.3 is 20.7 Å². The van der Waals surface area contributed by atoms with Crippen molar-refractivity contribution in [2.45, 2.75) is 18.9 Å². The molecule has 5 heteroatoms. The van der Waals surface area contributed by atoms with Gasteiger partial charge in [0.25, 0.3) is 0 Å². The maximum absolute atomic E-state index is 9.54. The Labute approximate surface area is 101 Å². The van der Waals surface area contributed by atoms with Crippen LogP contribution in [0.3, 0.4) is 0 Å². The van der Waals surface area contributed by atoms with Crippen molar-refractivity contribution in [2.75, 3.05) is 13.7 Å². The van der Waals surface area contributed by atoms with Crippen LogP contribution >= 0.6 is 12.4 Å². The predicted octanol–water partition coefficient (Wildman–Crippen LogP) is 1.59. The molecule has 0 aliphatic heterocycles. The van der Waals surface area contributed by atoms with E-state index in [-0.39, 0.29) is 30.8 Å². The van der Waals surface area contributed by atoms with Crippen LogP contribution in [0.2, 0.25) is 0 Å². The van der Waals surface area contributed by atoms with Crippen molar-refractivity contribution in [1.29, 1.82) is 0 Å². The van der Waals surface area contributed by atoms with Crippen molar-refractivity contribution in [3.8, 4) is 11.5 Å². The van der Waals surface area contributed by atoms with Crippen molar-refractivity contribution in [1.82, 2.24) is 0 Å². The largest absolute Gasteiger partial charge is 0.504 e. The SMILES string of the molecule is COc1ccc([C@@H](N)CCCO)cc1O.Cl. The highest BCUT2D eigenvalue weighted by atomic mass is 35.5. The minimum atomic E-state index is -0.158. The van der Waals surface area contributed by atoms with E-state index in [0.717, 1.165) is 5.56 Å². The monoisotopic (exact) mass is 247 g/mol. The van der Waals surface area contributed by atoms with Crippen LogP contribution in [0.25, 0.3) is 0 Å². The van der Waals surface area contributed by atoms with Crippen LogP contribution in [0, 0.1) is 0 Å². The fourth-order valence-electron chi connectivity index (χ4n) is 1.42. The summed E-state index contributed by atoms with van der Waals surface area (Å²) in [6, 6.07) is 4.94. The number of rotatable bonds is 5. The third-order valence-corrected chi connectivity index (χ3v) is 2.30. The highest BCUT2D eigenvalue weighted by Gasteiger charge is 2.08. The number of halogens is 1. The molecular weight excluding hydrogens is 230 g/mol. The zero-order valence-electron chi connectivity index (χ0n) is 9.22. The van der Waals surface area contributed by atoms with Gasteiger partial charge >= 0.3 is 0 Å². The Hall–Kier alpha value is -0.970. The lowest BCUT2D eigenvalue weighted by molar-refractivity contribution is 0.280. The van der Waals surface area contributed by atoms with Gasteiger partial charge in [0.1, 0.15) is 0 Å². The van der Waals surface area contributed by atoms with Crippen LogP contribution in [0.5, 0.6) is 11.5 Å². The minimum Gasteiger partial charge on any atom is -0.504 e. The second kappa shape index (κ2) is 7.33. The number of ether oxygens (including phenoxy) is 1. The predicted molar refractivity (Wildman–Crippen MR) is 65.2 cm³/mol. The molecule has 1 atom stereocenters. The number of aliphatic hydroxyl groups is 1. The van der Waals surface area contributed by atoms with Gasteiger partial charge in [-0.2, -0.15) is 0 Å². The molecule has 1 rings (SSSR count). The van der Waals surface area contributed by atoms with Gasteiger partial charge in [-0.1, -0.05) is 6.07 Å². The summed E-state index contributed by atoms with van der Waals surface area (Å²) in [4.78, 5) is 0. The molecule has 4 N–H and O–H groups in total. The fourth-order valence-corrected chi connectivity index (χ4v) is 1.42. The lowest BCUT2D eigenvalue weighted by Gasteiger charge is -2.12. The molecule has 1 aromatic carbocycles. The van der Waals surface area contributed by atoms with E-state index in [1.165, 1.54) is 7.11 Å². The summed E-state index contributed by atoms with van der Waals surface area (Å²) in [5.41, 5.74) is 6.73. The number of hydrogen-bond donors (Lipinski definition) is 3. The second-order valence-corrected chi connectivity index (χ2v) is 3.40. The molecule has 0 heterocycles. The van der Waals surface area contributed by atoms with Gasteiger partial charge in [0.05, 0.1) is 7.11 Å². The summed E-state index contributed by atoms with van der Waals surface area (Å²) in [5.74, 6) is 0.530. The first-order valence-electron chi connectivity index (χ1n) is 4.92. The van der Waals surface area contributed by atoms with Crippen LogP contribution in [0.1, 0.15) is 24.4 Å². The molecule has 0 unspecified atom stereocenters. The first-order chi connectivity index (χ1) is 7.19. The Balaban J connectivity index is 0.00000225. The summed E-state index contributed by atoms with van der Waals surface area (Å²) in [6.07, 6.45) is 1.36. The molecule has 0 spiro atoms. The number of benzene rings is 1. The number of phenols is 1. The molecule has 0 fully saturated rings. The third-order valence-electron chi connectivity index (χ3n) is 2.30. The van der Waals surface area contributed by atoms with E-state index < -0.39 is 0 Å². The van der Waals surface area contributed by atoms with Crippen molar-refractivity contribution in [2.24, 2.45) is 5.73 Å². The molecule has 0 radical (unpaired) electrons. The molecule has 16 heavy (non-hydrogen) atoms. The van der Waals surface area contributed by atoms with E-state index in [4.69, 9.17) is 15.6 Å². The van der Waals surface area contributed by atoms with Gasteiger partial charge in [-0.05, 0) is 30.5 Å². The van der Waals surface area contributed by atoms with E-state index in [1.807, 2.05) is 6.07 Å². The highest BCUT2D eigenvalue weighted by Crippen LogP contribution is 2.29. The van der Waals surface area contributed by atoms with Crippen LogP contribution in [-0.2, 0) is 0 Å². The molecule has 92 valence electrons. The lowest BCUT2D eigenvalue weighted by Crippen LogP contribution is -2.10. The second-order valence-electron chi connectivity index (χ2n) is 3.40. The van der Waals surface area contributed by atoms with Crippen molar-refractivity contribution < 1.29 is 14.9 Å². The molecule has 0 amide bonds. The Bertz CT molecular complexity index is 320. The third kappa shape index (κ3) is 3.89. The van der Waals surface area contributed by atoms with Gasteiger partial charge in [0, 0.05) is 12.6 Å². The van der Waals surface area contributed by atoms with Gasteiger partial charge in [0.2, 0.25) is 0 Å². The standard InChI is InChI=1S/C11H17NO3.ClH/c1-15-11-5-4-8(7-10(11)14)9(12)3-2-6-13;/h4-5,7,9,13-14H,2-3,6,12H2,1H3;1H/t9-;/m0./s1. The molecule has 0 bridgehead atoms. The molecule has 0 aliphatic rings. The van der Waals surface area contributed by atoms with E-state index in [1.54, 1.807) is 12.1 Å². The summed E-state index contributed by atoms with van der Waals surface area (Å²) < 4.78 is 4.93. The van der Waals surface area contributed by atoms with Crippen LogP contribution in [0.4, 0.5) is 0 Å². The summed E-state index contributed by atoms with van der Waals surface area (Å²) in [7, 11) is 1.50. The normalized spacial score (nSPS) is 11.7. The molecule has 0 aliphatic carbocycles. The average Bonchev–Trinajstić information content (AvgIpc) is 2.25. The Kier molecular flexibility index (Phi) is 6.88. The van der Waals surface area contributed by atoms with Crippen molar-refractivity contribution >= 4 is 12.4 Å². The minimum absolute atomic E-state index is 0. The van der Waals surface area contributed by atoms with E-state index in [9.17, 15) is 5.11 Å². The van der Waals surface area contributed by atoms with E-state index in [0.29, 0.717) is 18.6 Å². The summed E-state index contributed by atoms with van der Waals surface area (Å²) >= 11 is 0. The molecule has 0 saturated carbocycles. The van der Waals surface area contributed by atoms with Gasteiger partial charge in [-0.3, -0.25) is 0 Å². The van der Waals surface area contributed by atoms with Crippen LogP contribution in [-0.4, -0.2) is 23.9 Å². The molecule has 4 nitrogen and oxygen atoms in total. The van der Waals surface area contributed by atoms with Gasteiger partial charge in [-0.15, -0.1) is 12.4 Å². The highest BCUT2D eigenvalue weighted by molar-refractivity contribution is 5.85. The van der Waals surface area contributed by atoms with E-state index >= 15 is 0 Å². The zero-order chi connectivity index (χ0) is 11.3. The van der Waals surface area contributed by atoms with Crippen molar-refractivity contribution in [3.05, 3.63) is 23.8 Å². The number of aliphatic hydroxyl groups excluding tert-OH is 1. The Morgan fingerprint density at radius 2 is 2.12 bits per heavy atom. The molecule has 0 saturated heterocycles. The van der Waals surface area contributed by atoms with Gasteiger partial charge in [-0.25, -0.2) is 0 Å². The topological polar surface area (TPSA) is 75.7 Å². The van der Waals surface area contributed by atoms with Gasteiger partial charge in [0.15, 0.2) is 11.5 Å². The van der Waals surface area contributed by atoms with Crippen LogP contribution < -0.4 is 10.5 Å². The molecular formula is C11H18ClNO3. The Morgan fingerprint density at radius 1 is 1.44 bits per heavy atom. The average molecular weight is 248 g/mol.